The topological polar surface area (TPSA) is 9.23 Å². The molecule has 0 aliphatic rings. The Labute approximate surface area is 95.7 Å². The molecule has 0 bridgehead atoms. The fourth-order valence-electron chi connectivity index (χ4n) is 1.30. The number of hydrogen-bond acceptors (Lipinski definition) is 1. The molecule has 78 valence electrons. The third kappa shape index (κ3) is 3.22. The Bertz CT molecular complexity index is 299. The quantitative estimate of drug-likeness (QED) is 0.765. The maximum absolute atomic E-state index is 5.94. The van der Waals surface area contributed by atoms with E-state index < -0.39 is 8.32 Å². The standard InChI is InChI=1S/C11H17BrOSi/c1-4-8-13-14(2,3)11-7-5-6-10(12)9-11/h5-7,9H,4,8H2,1-3H3. The van der Waals surface area contributed by atoms with Crippen LogP contribution in [0.2, 0.25) is 13.1 Å². The van der Waals surface area contributed by atoms with Crippen LogP contribution in [0.5, 0.6) is 0 Å². The average molecular weight is 273 g/mol. The van der Waals surface area contributed by atoms with Gasteiger partial charge in [0.05, 0.1) is 0 Å². The molecule has 3 heteroatoms. The van der Waals surface area contributed by atoms with E-state index in [1.807, 2.05) is 6.07 Å². The summed E-state index contributed by atoms with van der Waals surface area (Å²) in [5.74, 6) is 0. The smallest absolute Gasteiger partial charge is 0.218 e. The largest absolute Gasteiger partial charge is 0.413 e. The molecule has 0 saturated carbocycles. The highest BCUT2D eigenvalue weighted by molar-refractivity contribution is 9.10. The molecule has 0 amide bonds. The molecule has 1 rings (SSSR count). The van der Waals surface area contributed by atoms with Crippen molar-refractivity contribution in [1.82, 2.24) is 0 Å². The molecule has 0 heterocycles. The third-order valence-corrected chi connectivity index (χ3v) is 5.31. The lowest BCUT2D eigenvalue weighted by molar-refractivity contribution is 0.315. The molecule has 0 spiro atoms. The highest BCUT2D eigenvalue weighted by atomic mass is 79.9. The lowest BCUT2D eigenvalue weighted by Gasteiger charge is -2.23. The van der Waals surface area contributed by atoms with Gasteiger partial charge >= 0.3 is 0 Å². The Morgan fingerprint density at radius 2 is 2.07 bits per heavy atom. The predicted octanol–water partition coefficient (Wildman–Crippen LogP) is 3.29. The van der Waals surface area contributed by atoms with Crippen LogP contribution in [-0.2, 0) is 4.43 Å². The van der Waals surface area contributed by atoms with Crippen molar-refractivity contribution in [2.75, 3.05) is 6.61 Å². The summed E-state index contributed by atoms with van der Waals surface area (Å²) in [7, 11) is -1.66. The zero-order chi connectivity index (χ0) is 10.6. The summed E-state index contributed by atoms with van der Waals surface area (Å²) in [6.07, 6.45) is 1.09. The van der Waals surface area contributed by atoms with E-state index in [0.717, 1.165) is 17.5 Å². The predicted molar refractivity (Wildman–Crippen MR) is 67.5 cm³/mol. The Morgan fingerprint density at radius 1 is 1.36 bits per heavy atom. The van der Waals surface area contributed by atoms with Gasteiger partial charge in [0.15, 0.2) is 0 Å². The van der Waals surface area contributed by atoms with Crippen LogP contribution in [-0.4, -0.2) is 14.9 Å². The summed E-state index contributed by atoms with van der Waals surface area (Å²) in [6.45, 7) is 7.49. The number of rotatable bonds is 4. The number of benzene rings is 1. The van der Waals surface area contributed by atoms with E-state index >= 15 is 0 Å². The van der Waals surface area contributed by atoms with Crippen LogP contribution in [0.25, 0.3) is 0 Å². The number of hydrogen-bond donors (Lipinski definition) is 0. The molecule has 0 N–H and O–H groups in total. The van der Waals surface area contributed by atoms with Gasteiger partial charge in [0.1, 0.15) is 0 Å². The van der Waals surface area contributed by atoms with E-state index in [1.165, 1.54) is 5.19 Å². The molecule has 0 aromatic heterocycles. The first kappa shape index (κ1) is 11.9. The van der Waals surface area contributed by atoms with E-state index in [-0.39, 0.29) is 0 Å². The molecule has 1 aromatic carbocycles. The molecule has 0 fully saturated rings. The summed E-state index contributed by atoms with van der Waals surface area (Å²) < 4.78 is 7.07. The molecule has 0 radical (unpaired) electrons. The van der Waals surface area contributed by atoms with Gasteiger partial charge in [-0.1, -0.05) is 35.0 Å². The van der Waals surface area contributed by atoms with Crippen LogP contribution >= 0.6 is 15.9 Å². The fraction of sp³-hybridized carbons (Fsp3) is 0.455. The normalized spacial score (nSPS) is 11.7. The van der Waals surface area contributed by atoms with E-state index in [2.05, 4.69) is 54.1 Å². The Hall–Kier alpha value is -0.123. The Balaban J connectivity index is 2.80. The second-order valence-electron chi connectivity index (χ2n) is 3.87. The molecule has 14 heavy (non-hydrogen) atoms. The van der Waals surface area contributed by atoms with Gasteiger partial charge in [0.25, 0.3) is 0 Å². The van der Waals surface area contributed by atoms with Gasteiger partial charge in [-0.2, -0.15) is 0 Å². The Kier molecular flexibility index (Phi) is 4.35. The minimum Gasteiger partial charge on any atom is -0.413 e. The van der Waals surface area contributed by atoms with Crippen molar-refractivity contribution in [2.24, 2.45) is 0 Å². The summed E-state index contributed by atoms with van der Waals surface area (Å²) >= 11 is 3.49. The monoisotopic (exact) mass is 272 g/mol. The van der Waals surface area contributed by atoms with E-state index in [4.69, 9.17) is 4.43 Å². The first-order chi connectivity index (χ1) is 6.56. The molecular formula is C11H17BrOSi. The van der Waals surface area contributed by atoms with Crippen molar-refractivity contribution in [1.29, 1.82) is 0 Å². The van der Waals surface area contributed by atoms with Crippen molar-refractivity contribution in [3.05, 3.63) is 28.7 Å². The minimum atomic E-state index is -1.66. The van der Waals surface area contributed by atoms with E-state index in [1.54, 1.807) is 0 Å². The fourth-order valence-corrected chi connectivity index (χ4v) is 3.80. The van der Waals surface area contributed by atoms with Gasteiger partial charge < -0.3 is 4.43 Å². The van der Waals surface area contributed by atoms with Gasteiger partial charge in [-0.05, 0) is 36.8 Å². The van der Waals surface area contributed by atoms with Gasteiger partial charge in [0, 0.05) is 11.1 Å². The second-order valence-corrected chi connectivity index (χ2v) is 8.67. The van der Waals surface area contributed by atoms with Gasteiger partial charge in [0.2, 0.25) is 8.32 Å². The molecule has 1 nitrogen and oxygen atoms in total. The second kappa shape index (κ2) is 5.10. The number of halogens is 1. The first-order valence-corrected chi connectivity index (χ1v) is 8.66. The molecule has 0 aliphatic carbocycles. The molecule has 0 atom stereocenters. The van der Waals surface area contributed by atoms with E-state index in [0.29, 0.717) is 0 Å². The lowest BCUT2D eigenvalue weighted by Crippen LogP contribution is -2.44. The minimum absolute atomic E-state index is 0.867. The summed E-state index contributed by atoms with van der Waals surface area (Å²) in [4.78, 5) is 0. The molecule has 0 aliphatic heterocycles. The highest BCUT2D eigenvalue weighted by Gasteiger charge is 2.24. The highest BCUT2D eigenvalue weighted by Crippen LogP contribution is 2.11. The molecule has 1 aromatic rings. The maximum atomic E-state index is 5.94. The lowest BCUT2D eigenvalue weighted by atomic mass is 10.4. The summed E-state index contributed by atoms with van der Waals surface area (Å²) in [5.41, 5.74) is 0. The summed E-state index contributed by atoms with van der Waals surface area (Å²) in [5, 5.41) is 1.35. The van der Waals surface area contributed by atoms with Crippen molar-refractivity contribution < 1.29 is 4.43 Å². The van der Waals surface area contributed by atoms with E-state index in [9.17, 15) is 0 Å². The van der Waals surface area contributed by atoms with Crippen LogP contribution in [0.3, 0.4) is 0 Å². The van der Waals surface area contributed by atoms with Crippen molar-refractivity contribution in [2.45, 2.75) is 26.4 Å². The van der Waals surface area contributed by atoms with Gasteiger partial charge in [-0.3, -0.25) is 0 Å². The van der Waals surface area contributed by atoms with Crippen LogP contribution in [0.4, 0.5) is 0 Å². The van der Waals surface area contributed by atoms with Crippen LogP contribution in [0.15, 0.2) is 28.7 Å². The molecular weight excluding hydrogens is 256 g/mol. The van der Waals surface area contributed by atoms with Crippen molar-refractivity contribution in [3.63, 3.8) is 0 Å². The zero-order valence-corrected chi connectivity index (χ0v) is 11.6. The SMILES string of the molecule is CCCO[Si](C)(C)c1cccc(Br)c1. The first-order valence-electron chi connectivity index (χ1n) is 4.96. The third-order valence-electron chi connectivity index (χ3n) is 2.19. The van der Waals surface area contributed by atoms with Crippen molar-refractivity contribution >= 4 is 29.4 Å². The molecule has 0 unspecified atom stereocenters. The zero-order valence-electron chi connectivity index (χ0n) is 9.01. The van der Waals surface area contributed by atoms with Crippen LogP contribution in [0, 0.1) is 0 Å². The maximum Gasteiger partial charge on any atom is 0.218 e. The van der Waals surface area contributed by atoms with Crippen LogP contribution in [0.1, 0.15) is 13.3 Å². The van der Waals surface area contributed by atoms with Crippen LogP contribution < -0.4 is 5.19 Å². The van der Waals surface area contributed by atoms with Crippen molar-refractivity contribution in [3.8, 4) is 0 Å². The van der Waals surface area contributed by atoms with Gasteiger partial charge in [-0.25, -0.2) is 0 Å². The Morgan fingerprint density at radius 3 is 2.64 bits per heavy atom. The molecule has 0 saturated heterocycles. The average Bonchev–Trinajstić information content (AvgIpc) is 2.15. The van der Waals surface area contributed by atoms with Gasteiger partial charge in [-0.15, -0.1) is 0 Å². The summed E-state index contributed by atoms with van der Waals surface area (Å²) in [6, 6.07) is 8.45.